The molecule has 0 spiro atoms. The second kappa shape index (κ2) is 3.39. The second-order valence-corrected chi connectivity index (χ2v) is 2.91. The SMILES string of the molecule is CC#Cc1ccc(O)c2ncccc12. The molecule has 1 aromatic heterocycles. The number of fused-ring (bicyclic) bond motifs is 1. The highest BCUT2D eigenvalue weighted by Gasteiger charge is 2.03. The average Bonchev–Trinajstić information content (AvgIpc) is 2.23. The third-order valence-electron chi connectivity index (χ3n) is 2.01. The number of hydrogen-bond acceptors (Lipinski definition) is 2. The summed E-state index contributed by atoms with van der Waals surface area (Å²) in [5.41, 5.74) is 1.50. The maximum absolute atomic E-state index is 9.55. The summed E-state index contributed by atoms with van der Waals surface area (Å²) in [4.78, 5) is 4.11. The fourth-order valence-electron chi connectivity index (χ4n) is 1.40. The van der Waals surface area contributed by atoms with Gasteiger partial charge < -0.3 is 5.11 Å². The molecular weight excluding hydrogens is 174 g/mol. The van der Waals surface area contributed by atoms with Gasteiger partial charge >= 0.3 is 0 Å². The van der Waals surface area contributed by atoms with Gasteiger partial charge in [0.2, 0.25) is 0 Å². The number of benzene rings is 1. The normalized spacial score (nSPS) is 9.50. The van der Waals surface area contributed by atoms with Crippen LogP contribution >= 0.6 is 0 Å². The van der Waals surface area contributed by atoms with Crippen LogP contribution in [0.1, 0.15) is 12.5 Å². The van der Waals surface area contributed by atoms with Crippen LogP contribution in [-0.2, 0) is 0 Å². The molecule has 2 aromatic rings. The van der Waals surface area contributed by atoms with Crippen molar-refractivity contribution in [2.45, 2.75) is 6.92 Å². The number of phenols is 1. The van der Waals surface area contributed by atoms with Crippen LogP contribution in [-0.4, -0.2) is 10.1 Å². The van der Waals surface area contributed by atoms with Gasteiger partial charge in [-0.2, -0.15) is 0 Å². The molecule has 2 rings (SSSR count). The predicted molar refractivity (Wildman–Crippen MR) is 56.0 cm³/mol. The summed E-state index contributed by atoms with van der Waals surface area (Å²) in [5, 5.41) is 10.4. The third-order valence-corrected chi connectivity index (χ3v) is 2.01. The number of aromatic nitrogens is 1. The quantitative estimate of drug-likeness (QED) is 0.636. The molecule has 0 aliphatic carbocycles. The topological polar surface area (TPSA) is 33.1 Å². The van der Waals surface area contributed by atoms with Crippen molar-refractivity contribution in [3.63, 3.8) is 0 Å². The predicted octanol–water partition coefficient (Wildman–Crippen LogP) is 2.31. The minimum atomic E-state index is 0.197. The molecule has 1 N–H and O–H groups in total. The first kappa shape index (κ1) is 8.58. The molecule has 14 heavy (non-hydrogen) atoms. The molecule has 0 unspecified atom stereocenters. The first-order valence-corrected chi connectivity index (χ1v) is 4.32. The van der Waals surface area contributed by atoms with E-state index in [-0.39, 0.29) is 5.75 Å². The van der Waals surface area contributed by atoms with Gasteiger partial charge in [0, 0.05) is 17.1 Å². The molecule has 0 aliphatic heterocycles. The molecule has 2 heteroatoms. The van der Waals surface area contributed by atoms with Gasteiger partial charge in [-0.3, -0.25) is 4.98 Å². The van der Waals surface area contributed by atoms with E-state index in [0.717, 1.165) is 10.9 Å². The van der Waals surface area contributed by atoms with Gasteiger partial charge in [0.1, 0.15) is 11.3 Å². The van der Waals surface area contributed by atoms with E-state index < -0.39 is 0 Å². The molecule has 0 atom stereocenters. The van der Waals surface area contributed by atoms with Crippen molar-refractivity contribution in [2.75, 3.05) is 0 Å². The van der Waals surface area contributed by atoms with Crippen LogP contribution in [0.3, 0.4) is 0 Å². The Bertz CT molecular complexity index is 535. The van der Waals surface area contributed by atoms with Crippen molar-refractivity contribution in [2.24, 2.45) is 0 Å². The minimum Gasteiger partial charge on any atom is -0.506 e. The number of phenolic OH excluding ortho intramolecular Hbond substituents is 1. The fraction of sp³-hybridized carbons (Fsp3) is 0.0833. The summed E-state index contributed by atoms with van der Waals surface area (Å²) in [5.74, 6) is 6.01. The molecule has 0 saturated carbocycles. The standard InChI is InChI=1S/C12H9NO/c1-2-4-9-6-7-11(14)12-10(9)5-3-8-13-12/h3,5-8,14H,1H3. The van der Waals surface area contributed by atoms with Gasteiger partial charge in [-0.25, -0.2) is 0 Å². The van der Waals surface area contributed by atoms with Crippen molar-refractivity contribution in [3.8, 4) is 17.6 Å². The van der Waals surface area contributed by atoms with Gasteiger partial charge in [-0.05, 0) is 31.2 Å². The number of hydrogen-bond donors (Lipinski definition) is 1. The zero-order valence-corrected chi connectivity index (χ0v) is 7.78. The Morgan fingerprint density at radius 3 is 2.93 bits per heavy atom. The maximum atomic E-state index is 9.55. The lowest BCUT2D eigenvalue weighted by Crippen LogP contribution is -1.83. The van der Waals surface area contributed by atoms with E-state index in [1.54, 1.807) is 25.3 Å². The van der Waals surface area contributed by atoms with Crippen molar-refractivity contribution in [1.82, 2.24) is 4.98 Å². The lowest BCUT2D eigenvalue weighted by molar-refractivity contribution is 0.480. The number of pyridine rings is 1. The molecule has 0 amide bonds. The number of nitrogens with zero attached hydrogens (tertiary/aromatic N) is 1. The Balaban J connectivity index is 2.86. The molecule has 0 bridgehead atoms. The third kappa shape index (κ3) is 1.29. The van der Waals surface area contributed by atoms with Crippen LogP contribution in [0.25, 0.3) is 10.9 Å². The zero-order chi connectivity index (χ0) is 9.97. The van der Waals surface area contributed by atoms with E-state index in [1.165, 1.54) is 0 Å². The smallest absolute Gasteiger partial charge is 0.141 e. The van der Waals surface area contributed by atoms with Crippen LogP contribution in [0.5, 0.6) is 5.75 Å². The van der Waals surface area contributed by atoms with Crippen LogP contribution in [0.4, 0.5) is 0 Å². The zero-order valence-electron chi connectivity index (χ0n) is 7.78. The van der Waals surface area contributed by atoms with Crippen molar-refractivity contribution < 1.29 is 5.11 Å². The minimum absolute atomic E-state index is 0.197. The number of rotatable bonds is 0. The Morgan fingerprint density at radius 2 is 2.14 bits per heavy atom. The first-order chi connectivity index (χ1) is 6.83. The van der Waals surface area contributed by atoms with E-state index in [0.29, 0.717) is 5.52 Å². The lowest BCUT2D eigenvalue weighted by Gasteiger charge is -2.01. The van der Waals surface area contributed by atoms with Crippen molar-refractivity contribution >= 4 is 10.9 Å². The molecular formula is C12H9NO. The highest BCUT2D eigenvalue weighted by molar-refractivity contribution is 5.89. The fourth-order valence-corrected chi connectivity index (χ4v) is 1.40. The van der Waals surface area contributed by atoms with Crippen molar-refractivity contribution in [1.29, 1.82) is 0 Å². The van der Waals surface area contributed by atoms with E-state index >= 15 is 0 Å². The first-order valence-electron chi connectivity index (χ1n) is 4.32. The molecule has 1 aromatic carbocycles. The van der Waals surface area contributed by atoms with E-state index in [2.05, 4.69) is 16.8 Å². The Labute approximate surface area is 82.2 Å². The summed E-state index contributed by atoms with van der Waals surface area (Å²) >= 11 is 0. The summed E-state index contributed by atoms with van der Waals surface area (Å²) < 4.78 is 0. The van der Waals surface area contributed by atoms with Crippen LogP contribution < -0.4 is 0 Å². The van der Waals surface area contributed by atoms with E-state index in [9.17, 15) is 5.11 Å². The average molecular weight is 183 g/mol. The van der Waals surface area contributed by atoms with Crippen LogP contribution in [0, 0.1) is 11.8 Å². The van der Waals surface area contributed by atoms with Gasteiger partial charge in [0.05, 0.1) is 0 Å². The molecule has 1 heterocycles. The molecule has 0 aliphatic rings. The summed E-state index contributed by atoms with van der Waals surface area (Å²) in [6.07, 6.45) is 1.66. The summed E-state index contributed by atoms with van der Waals surface area (Å²) in [7, 11) is 0. The van der Waals surface area contributed by atoms with Crippen LogP contribution in [0.2, 0.25) is 0 Å². The maximum Gasteiger partial charge on any atom is 0.141 e. The summed E-state index contributed by atoms with van der Waals surface area (Å²) in [6, 6.07) is 7.16. The molecule has 0 fully saturated rings. The van der Waals surface area contributed by atoms with Gasteiger partial charge in [-0.15, -0.1) is 5.92 Å². The number of aromatic hydroxyl groups is 1. The van der Waals surface area contributed by atoms with Crippen LogP contribution in [0.15, 0.2) is 30.5 Å². The largest absolute Gasteiger partial charge is 0.506 e. The Hall–Kier alpha value is -2.01. The molecule has 0 radical (unpaired) electrons. The summed E-state index contributed by atoms with van der Waals surface area (Å²) in [6.45, 7) is 1.79. The lowest BCUT2D eigenvalue weighted by atomic mass is 10.1. The van der Waals surface area contributed by atoms with Gasteiger partial charge in [0.25, 0.3) is 0 Å². The molecule has 0 saturated heterocycles. The monoisotopic (exact) mass is 183 g/mol. The highest BCUT2D eigenvalue weighted by atomic mass is 16.3. The van der Waals surface area contributed by atoms with E-state index in [1.807, 2.05) is 12.1 Å². The highest BCUT2D eigenvalue weighted by Crippen LogP contribution is 2.24. The van der Waals surface area contributed by atoms with Gasteiger partial charge in [-0.1, -0.05) is 5.92 Å². The Kier molecular flexibility index (Phi) is 2.08. The van der Waals surface area contributed by atoms with E-state index in [4.69, 9.17) is 0 Å². The van der Waals surface area contributed by atoms with Crippen molar-refractivity contribution in [3.05, 3.63) is 36.0 Å². The molecule has 68 valence electrons. The Morgan fingerprint density at radius 1 is 1.29 bits per heavy atom. The van der Waals surface area contributed by atoms with Gasteiger partial charge in [0.15, 0.2) is 0 Å². The second-order valence-electron chi connectivity index (χ2n) is 2.91. The molecule has 2 nitrogen and oxygen atoms in total.